The third kappa shape index (κ3) is 13.0. The Balaban J connectivity index is 0.000000231. The summed E-state index contributed by atoms with van der Waals surface area (Å²) >= 11 is 20.7. The minimum Gasteiger partial charge on any atom is -0.379 e. The molecule has 4 fully saturated rings. The van der Waals surface area contributed by atoms with E-state index in [0.29, 0.717) is 34.1 Å². The summed E-state index contributed by atoms with van der Waals surface area (Å²) in [5.74, 6) is 0.792. The van der Waals surface area contributed by atoms with Crippen LogP contribution in [0.15, 0.2) is 0 Å². The van der Waals surface area contributed by atoms with Crippen molar-refractivity contribution in [1.82, 2.24) is 39.7 Å². The van der Waals surface area contributed by atoms with Crippen molar-refractivity contribution in [3.05, 3.63) is 25.7 Å². The summed E-state index contributed by atoms with van der Waals surface area (Å²) in [5, 5.41) is 6.45. The van der Waals surface area contributed by atoms with E-state index in [9.17, 15) is 0 Å². The topological polar surface area (TPSA) is 140 Å². The predicted molar refractivity (Wildman–Crippen MR) is 230 cm³/mol. The van der Waals surface area contributed by atoms with Gasteiger partial charge in [-0.05, 0) is 87.4 Å². The third-order valence-electron chi connectivity index (χ3n) is 10.0. The molecule has 8 rings (SSSR count). The van der Waals surface area contributed by atoms with Crippen LogP contribution < -0.4 is 11.1 Å². The Morgan fingerprint density at radius 3 is 1.59 bits per heavy atom. The molecule has 0 spiro atoms. The Morgan fingerprint density at radius 1 is 0.648 bits per heavy atom. The van der Waals surface area contributed by atoms with E-state index in [1.54, 1.807) is 11.3 Å². The van der Waals surface area contributed by atoms with E-state index < -0.39 is 0 Å². The quantitative estimate of drug-likeness (QED) is 0.142. The van der Waals surface area contributed by atoms with Crippen LogP contribution in [0.1, 0.15) is 82.7 Å². The van der Waals surface area contributed by atoms with Crippen LogP contribution in [-0.4, -0.2) is 116 Å². The minimum atomic E-state index is 0. The number of nitrogens with zero attached hydrogens (tertiary/aromatic N) is 8. The standard InChI is InChI=1S/C17H24ClN5OS.C10H20N2O.C7H5Cl2N3S.CH4.2ClH/c1-2-13-20-14-15(21-17(18)22-16(14)25-13)19-11-3-5-12(6-4-11)23-7-9-24-10-8-23;11-9-1-3-10(4-2-9)12-5-7-13-8-6-12;1-2-3-10-4-5(8)11-7(9)12-6(4)13-3;;;/h11-12H,2-10H2,1H3,(H,19,21,22);9-10H,1-8,11H2;2H2,1H3;1H4;2*1H. The molecule has 0 aromatic carbocycles. The highest BCUT2D eigenvalue weighted by Gasteiger charge is 2.28. The first-order valence-electron chi connectivity index (χ1n) is 18.3. The van der Waals surface area contributed by atoms with E-state index in [-0.39, 0.29) is 37.5 Å². The maximum absolute atomic E-state index is 6.12. The SMILES string of the molecule is C.CCc1nc2c(Cl)nc(Cl)nc2s1.CCc1nc2c(NC3CCC(N4CCOCC4)CC3)nc(Cl)nc2s1.Cl.Cl.NC1CCC(N2CCOCC2)CC1. The lowest BCUT2D eigenvalue weighted by Crippen LogP contribution is -2.46. The Morgan fingerprint density at radius 2 is 1.09 bits per heavy atom. The number of rotatable bonds is 6. The highest BCUT2D eigenvalue weighted by Crippen LogP contribution is 2.31. The zero-order chi connectivity index (χ0) is 35.7. The number of halogens is 5. The molecule has 0 bridgehead atoms. The molecule has 54 heavy (non-hydrogen) atoms. The summed E-state index contributed by atoms with van der Waals surface area (Å²) < 4.78 is 10.8. The molecule has 19 heteroatoms. The van der Waals surface area contributed by atoms with Crippen molar-refractivity contribution in [2.45, 2.75) is 110 Å². The molecule has 0 atom stereocenters. The van der Waals surface area contributed by atoms with Gasteiger partial charge in [0.25, 0.3) is 0 Å². The van der Waals surface area contributed by atoms with Crippen LogP contribution in [0.4, 0.5) is 5.82 Å². The minimum absolute atomic E-state index is 0. The van der Waals surface area contributed by atoms with Crippen molar-refractivity contribution >= 4 is 109 Å². The lowest BCUT2D eigenvalue weighted by atomic mass is 9.90. The summed E-state index contributed by atoms with van der Waals surface area (Å²) in [6, 6.07) is 2.39. The number of fused-ring (bicyclic) bond motifs is 2. The molecule has 2 aliphatic carbocycles. The normalized spacial score (nSPS) is 23.4. The second-order valence-corrected chi connectivity index (χ2v) is 16.5. The van der Waals surface area contributed by atoms with E-state index in [1.807, 2.05) is 6.92 Å². The molecule has 4 aliphatic rings. The Kier molecular flexibility index (Phi) is 20.5. The highest BCUT2D eigenvalue weighted by molar-refractivity contribution is 7.18. The second kappa shape index (κ2) is 23.4. The van der Waals surface area contributed by atoms with Crippen LogP contribution >= 0.6 is 82.3 Å². The molecule has 6 heterocycles. The van der Waals surface area contributed by atoms with Crippen LogP contribution in [0.25, 0.3) is 20.7 Å². The van der Waals surface area contributed by atoms with E-state index in [1.165, 1.54) is 49.9 Å². The van der Waals surface area contributed by atoms with Gasteiger partial charge < -0.3 is 20.5 Å². The van der Waals surface area contributed by atoms with Gasteiger partial charge in [-0.1, -0.05) is 55.5 Å². The number of aryl methyl sites for hydroxylation is 2. The van der Waals surface area contributed by atoms with Crippen molar-refractivity contribution in [1.29, 1.82) is 0 Å². The van der Waals surface area contributed by atoms with Gasteiger partial charge in [0.2, 0.25) is 10.6 Å². The Bertz CT molecular complexity index is 1690. The molecular weight excluding hydrogens is 834 g/mol. The zero-order valence-corrected chi connectivity index (χ0v) is 35.8. The molecular formula is C35H55Cl5N10O2S2. The van der Waals surface area contributed by atoms with Gasteiger partial charge in [-0.25, -0.2) is 24.9 Å². The third-order valence-corrected chi connectivity index (χ3v) is 12.8. The van der Waals surface area contributed by atoms with Gasteiger partial charge in [-0.3, -0.25) is 9.80 Å². The molecule has 4 aromatic rings. The monoisotopic (exact) mass is 886 g/mol. The molecule has 0 radical (unpaired) electrons. The number of anilines is 1. The number of thiazole rings is 2. The van der Waals surface area contributed by atoms with Crippen molar-refractivity contribution in [3.8, 4) is 0 Å². The molecule has 12 nitrogen and oxygen atoms in total. The molecule has 2 aliphatic heterocycles. The van der Waals surface area contributed by atoms with E-state index in [2.05, 4.69) is 51.9 Å². The fraction of sp³-hybridized carbons (Fsp3) is 0.714. The number of ether oxygens (including phenoxy) is 2. The van der Waals surface area contributed by atoms with Gasteiger partial charge in [-0.2, -0.15) is 4.98 Å². The van der Waals surface area contributed by atoms with Crippen molar-refractivity contribution in [2.75, 3.05) is 57.9 Å². The summed E-state index contributed by atoms with van der Waals surface area (Å²) in [6.07, 6.45) is 11.5. The van der Waals surface area contributed by atoms with Gasteiger partial charge in [-0.15, -0.1) is 24.8 Å². The molecule has 304 valence electrons. The van der Waals surface area contributed by atoms with Gasteiger partial charge >= 0.3 is 0 Å². The fourth-order valence-electron chi connectivity index (χ4n) is 7.18. The zero-order valence-electron chi connectivity index (χ0n) is 30.3. The van der Waals surface area contributed by atoms with Crippen LogP contribution in [0.5, 0.6) is 0 Å². The first-order chi connectivity index (χ1) is 24.8. The maximum atomic E-state index is 6.12. The Hall–Kier alpha value is -1.01. The average Bonchev–Trinajstić information content (AvgIpc) is 3.78. The number of hydrogen-bond donors (Lipinski definition) is 2. The number of aromatic nitrogens is 6. The number of nitrogens with one attached hydrogen (secondary N) is 1. The van der Waals surface area contributed by atoms with Crippen LogP contribution in [0.2, 0.25) is 15.7 Å². The second-order valence-electron chi connectivity index (χ2n) is 13.4. The largest absolute Gasteiger partial charge is 0.379 e. The van der Waals surface area contributed by atoms with E-state index >= 15 is 0 Å². The highest BCUT2D eigenvalue weighted by atomic mass is 35.5. The van der Waals surface area contributed by atoms with E-state index in [0.717, 1.165) is 115 Å². The van der Waals surface area contributed by atoms with Gasteiger partial charge in [0.1, 0.15) is 15.9 Å². The number of hydrogen-bond acceptors (Lipinski definition) is 14. The number of nitrogens with two attached hydrogens (primary N) is 1. The molecule has 2 saturated carbocycles. The lowest BCUT2D eigenvalue weighted by Gasteiger charge is -2.39. The van der Waals surface area contributed by atoms with Crippen molar-refractivity contribution in [2.24, 2.45) is 5.73 Å². The number of morpholine rings is 2. The van der Waals surface area contributed by atoms with Gasteiger partial charge in [0, 0.05) is 50.3 Å². The summed E-state index contributed by atoms with van der Waals surface area (Å²) in [4.78, 5) is 32.3. The summed E-state index contributed by atoms with van der Waals surface area (Å²) in [5.41, 5.74) is 7.39. The molecule has 2 saturated heterocycles. The summed E-state index contributed by atoms with van der Waals surface area (Å²) in [6.45, 7) is 12.1. The van der Waals surface area contributed by atoms with Crippen LogP contribution in [0, 0.1) is 0 Å². The summed E-state index contributed by atoms with van der Waals surface area (Å²) in [7, 11) is 0. The first-order valence-corrected chi connectivity index (χ1v) is 21.0. The molecule has 3 N–H and O–H groups in total. The molecule has 0 amide bonds. The first kappa shape index (κ1) is 47.4. The maximum Gasteiger partial charge on any atom is 0.225 e. The van der Waals surface area contributed by atoms with E-state index in [4.69, 9.17) is 50.0 Å². The van der Waals surface area contributed by atoms with Gasteiger partial charge in [0.05, 0.1) is 36.4 Å². The molecule has 0 unspecified atom stereocenters. The molecule has 4 aromatic heterocycles. The smallest absolute Gasteiger partial charge is 0.225 e. The van der Waals surface area contributed by atoms with Gasteiger partial charge in [0.15, 0.2) is 15.8 Å². The van der Waals surface area contributed by atoms with Crippen LogP contribution in [-0.2, 0) is 22.3 Å². The lowest BCUT2D eigenvalue weighted by molar-refractivity contribution is 0.00749. The predicted octanol–water partition coefficient (Wildman–Crippen LogP) is 8.38. The Labute approximate surface area is 354 Å². The average molecular weight is 889 g/mol. The van der Waals surface area contributed by atoms with Crippen LogP contribution in [0.3, 0.4) is 0 Å². The van der Waals surface area contributed by atoms with Crippen molar-refractivity contribution in [3.63, 3.8) is 0 Å². The van der Waals surface area contributed by atoms with Crippen molar-refractivity contribution < 1.29 is 9.47 Å². The fourth-order valence-corrected chi connectivity index (χ4v) is 9.68.